The molecule has 6 heteroatoms. The number of hydrogen-bond acceptors (Lipinski definition) is 5. The Morgan fingerprint density at radius 3 is 2.70 bits per heavy atom. The number of rotatable bonds is 4. The van der Waals surface area contributed by atoms with Crippen molar-refractivity contribution in [2.24, 2.45) is 0 Å². The topological polar surface area (TPSA) is 103 Å². The van der Waals surface area contributed by atoms with E-state index in [1.807, 2.05) is 0 Å². The first-order valence-corrected chi connectivity index (χ1v) is 6.62. The predicted molar refractivity (Wildman–Crippen MR) is 85.0 cm³/mol. The van der Waals surface area contributed by atoms with Gasteiger partial charge < -0.3 is 20.3 Å². The van der Waals surface area contributed by atoms with Crippen LogP contribution in [0, 0.1) is 11.3 Å². The minimum atomic E-state index is -0.652. The molecule has 6 nitrogen and oxygen atoms in total. The van der Waals surface area contributed by atoms with E-state index < -0.39 is 5.91 Å². The maximum Gasteiger partial charge on any atom is 0.266 e. The fraction of sp³-hybridized carbons (Fsp3) is 0.0588. The second-order valence-electron chi connectivity index (χ2n) is 4.60. The highest BCUT2D eigenvalue weighted by molar-refractivity contribution is 6.09. The SMILES string of the molecule is COc1ccc(O)c(C=C(C#N)C(=O)Nc2cccc(O)c2)c1. The summed E-state index contributed by atoms with van der Waals surface area (Å²) in [5.41, 5.74) is 0.440. The van der Waals surface area contributed by atoms with Crippen LogP contribution in [0.4, 0.5) is 5.69 Å². The van der Waals surface area contributed by atoms with Crippen LogP contribution < -0.4 is 10.1 Å². The van der Waals surface area contributed by atoms with E-state index in [9.17, 15) is 15.0 Å². The van der Waals surface area contributed by atoms with Crippen LogP contribution >= 0.6 is 0 Å². The number of nitriles is 1. The van der Waals surface area contributed by atoms with E-state index in [2.05, 4.69) is 5.32 Å². The first-order valence-electron chi connectivity index (χ1n) is 6.62. The summed E-state index contributed by atoms with van der Waals surface area (Å²) in [5, 5.41) is 30.8. The lowest BCUT2D eigenvalue weighted by Crippen LogP contribution is -2.13. The van der Waals surface area contributed by atoms with Crippen molar-refractivity contribution in [3.63, 3.8) is 0 Å². The summed E-state index contributed by atoms with van der Waals surface area (Å²) < 4.78 is 5.04. The van der Waals surface area contributed by atoms with Crippen molar-refractivity contribution >= 4 is 17.7 Å². The summed E-state index contributed by atoms with van der Waals surface area (Å²) in [5.74, 6) is -0.250. The molecule has 0 saturated heterocycles. The van der Waals surface area contributed by atoms with Crippen molar-refractivity contribution in [1.82, 2.24) is 0 Å². The van der Waals surface area contributed by atoms with E-state index in [1.54, 1.807) is 24.3 Å². The summed E-state index contributed by atoms with van der Waals surface area (Å²) in [6.07, 6.45) is 1.26. The highest BCUT2D eigenvalue weighted by Crippen LogP contribution is 2.25. The summed E-state index contributed by atoms with van der Waals surface area (Å²) in [7, 11) is 1.47. The van der Waals surface area contributed by atoms with Crippen LogP contribution in [0.15, 0.2) is 48.0 Å². The largest absolute Gasteiger partial charge is 0.508 e. The fourth-order valence-corrected chi connectivity index (χ4v) is 1.86. The quantitative estimate of drug-likeness (QED) is 0.595. The Labute approximate surface area is 132 Å². The van der Waals surface area contributed by atoms with Crippen molar-refractivity contribution < 1.29 is 19.7 Å². The predicted octanol–water partition coefficient (Wildman–Crippen LogP) is 2.65. The maximum atomic E-state index is 12.1. The first kappa shape index (κ1) is 15.9. The van der Waals surface area contributed by atoms with Crippen molar-refractivity contribution in [1.29, 1.82) is 5.26 Å². The molecular formula is C17H14N2O4. The zero-order valence-corrected chi connectivity index (χ0v) is 12.3. The van der Waals surface area contributed by atoms with Gasteiger partial charge in [-0.05, 0) is 36.4 Å². The standard InChI is InChI=1S/C17H14N2O4/c1-23-15-5-6-16(21)11(8-15)7-12(10-18)17(22)19-13-3-2-4-14(20)9-13/h2-9,20-21H,1H3,(H,19,22). The van der Waals surface area contributed by atoms with Crippen molar-refractivity contribution in [2.75, 3.05) is 12.4 Å². The number of methoxy groups -OCH3 is 1. The molecule has 2 rings (SSSR count). The van der Waals surface area contributed by atoms with Gasteiger partial charge in [0.1, 0.15) is 28.9 Å². The fourth-order valence-electron chi connectivity index (χ4n) is 1.86. The van der Waals surface area contributed by atoms with E-state index in [0.717, 1.165) is 0 Å². The van der Waals surface area contributed by atoms with Crippen LogP contribution in [0.1, 0.15) is 5.56 Å². The number of amides is 1. The smallest absolute Gasteiger partial charge is 0.266 e. The van der Waals surface area contributed by atoms with E-state index in [-0.39, 0.29) is 22.6 Å². The normalized spacial score (nSPS) is 10.7. The van der Waals surface area contributed by atoms with Gasteiger partial charge in [-0.1, -0.05) is 6.07 Å². The van der Waals surface area contributed by atoms with Gasteiger partial charge in [0.2, 0.25) is 0 Å². The highest BCUT2D eigenvalue weighted by Gasteiger charge is 2.11. The number of benzene rings is 2. The van der Waals surface area contributed by atoms with Crippen LogP contribution in [0.2, 0.25) is 0 Å². The Morgan fingerprint density at radius 2 is 2.04 bits per heavy atom. The van der Waals surface area contributed by atoms with Gasteiger partial charge in [0.05, 0.1) is 7.11 Å². The molecule has 0 atom stereocenters. The second kappa shape index (κ2) is 7.00. The summed E-state index contributed by atoms with van der Waals surface area (Å²) in [6.45, 7) is 0. The number of carbonyl (C=O) groups is 1. The number of ether oxygens (including phenoxy) is 1. The summed E-state index contributed by atoms with van der Waals surface area (Å²) in [4.78, 5) is 12.1. The first-order chi connectivity index (χ1) is 11.0. The van der Waals surface area contributed by atoms with Gasteiger partial charge >= 0.3 is 0 Å². The molecule has 0 spiro atoms. The van der Waals surface area contributed by atoms with E-state index in [0.29, 0.717) is 11.4 Å². The Kier molecular flexibility index (Phi) is 4.85. The number of nitrogens with one attached hydrogen (secondary N) is 1. The van der Waals surface area contributed by atoms with Gasteiger partial charge in [-0.15, -0.1) is 0 Å². The number of hydrogen-bond donors (Lipinski definition) is 3. The molecule has 0 bridgehead atoms. The summed E-state index contributed by atoms with van der Waals surface area (Å²) in [6, 6.07) is 12.2. The molecule has 0 aromatic heterocycles. The lowest BCUT2D eigenvalue weighted by molar-refractivity contribution is -0.112. The zero-order valence-electron chi connectivity index (χ0n) is 12.3. The van der Waals surface area contributed by atoms with Crippen molar-refractivity contribution in [2.45, 2.75) is 0 Å². The monoisotopic (exact) mass is 310 g/mol. The van der Waals surface area contributed by atoms with Crippen LogP contribution in [0.25, 0.3) is 6.08 Å². The van der Waals surface area contributed by atoms with Gasteiger partial charge in [-0.2, -0.15) is 5.26 Å². The molecule has 0 aliphatic heterocycles. The lowest BCUT2D eigenvalue weighted by atomic mass is 10.1. The minimum absolute atomic E-state index is 0.00396. The molecule has 0 heterocycles. The number of phenols is 2. The molecule has 0 saturated carbocycles. The second-order valence-corrected chi connectivity index (χ2v) is 4.60. The Hall–Kier alpha value is -3.46. The average molecular weight is 310 g/mol. The maximum absolute atomic E-state index is 12.1. The third-order valence-electron chi connectivity index (χ3n) is 3.00. The number of phenolic OH excluding ortho intramolecular Hbond substituents is 2. The zero-order chi connectivity index (χ0) is 16.8. The molecule has 1 amide bonds. The third-order valence-corrected chi connectivity index (χ3v) is 3.00. The highest BCUT2D eigenvalue weighted by atomic mass is 16.5. The molecule has 0 aliphatic carbocycles. The van der Waals surface area contributed by atoms with Crippen LogP contribution in [0.3, 0.4) is 0 Å². The molecule has 116 valence electrons. The van der Waals surface area contributed by atoms with E-state index in [1.165, 1.54) is 37.5 Å². The number of nitrogens with zero attached hydrogens (tertiary/aromatic N) is 1. The van der Waals surface area contributed by atoms with Crippen molar-refractivity contribution in [3.8, 4) is 23.3 Å². The molecular weight excluding hydrogens is 296 g/mol. The molecule has 3 N–H and O–H groups in total. The van der Waals surface area contributed by atoms with E-state index in [4.69, 9.17) is 10.00 Å². The number of anilines is 1. The van der Waals surface area contributed by atoms with E-state index >= 15 is 0 Å². The Morgan fingerprint density at radius 1 is 1.26 bits per heavy atom. The molecule has 2 aromatic carbocycles. The van der Waals surface area contributed by atoms with Crippen LogP contribution in [-0.4, -0.2) is 23.2 Å². The minimum Gasteiger partial charge on any atom is -0.508 e. The van der Waals surface area contributed by atoms with Gasteiger partial charge in [0.25, 0.3) is 5.91 Å². The molecule has 2 aromatic rings. The van der Waals surface area contributed by atoms with Crippen LogP contribution in [-0.2, 0) is 4.79 Å². The molecule has 23 heavy (non-hydrogen) atoms. The van der Waals surface area contributed by atoms with Gasteiger partial charge in [-0.3, -0.25) is 4.79 Å². The van der Waals surface area contributed by atoms with Gasteiger partial charge in [0, 0.05) is 17.3 Å². The molecule has 0 radical (unpaired) electrons. The summed E-state index contributed by atoms with van der Waals surface area (Å²) >= 11 is 0. The molecule has 0 aliphatic rings. The molecule has 0 fully saturated rings. The number of carbonyl (C=O) groups excluding carboxylic acids is 1. The van der Waals surface area contributed by atoms with Crippen molar-refractivity contribution in [3.05, 3.63) is 53.6 Å². The van der Waals surface area contributed by atoms with Gasteiger partial charge in [0.15, 0.2) is 0 Å². The Bertz CT molecular complexity index is 806. The Balaban J connectivity index is 2.28. The average Bonchev–Trinajstić information content (AvgIpc) is 2.54. The molecule has 0 unspecified atom stereocenters. The third kappa shape index (κ3) is 4.02. The number of aromatic hydroxyl groups is 2. The van der Waals surface area contributed by atoms with Gasteiger partial charge in [-0.25, -0.2) is 0 Å². The van der Waals surface area contributed by atoms with Crippen LogP contribution in [0.5, 0.6) is 17.2 Å². The lowest BCUT2D eigenvalue weighted by Gasteiger charge is -2.06.